The van der Waals surface area contributed by atoms with Gasteiger partial charge >= 0.3 is 5.97 Å². The van der Waals surface area contributed by atoms with E-state index in [2.05, 4.69) is 30.0 Å². The maximum absolute atomic E-state index is 12.2. The van der Waals surface area contributed by atoms with Crippen LogP contribution in [-0.2, 0) is 4.79 Å². The summed E-state index contributed by atoms with van der Waals surface area (Å²) >= 11 is 6.37. The van der Waals surface area contributed by atoms with Gasteiger partial charge in [0.2, 0.25) is 0 Å². The molecule has 39 heavy (non-hydrogen) atoms. The number of fused-ring (bicyclic) bond motifs is 1. The number of hydrogen-bond donors (Lipinski definition) is 1. The van der Waals surface area contributed by atoms with Gasteiger partial charge in [-0.2, -0.15) is 5.10 Å². The Hall–Kier alpha value is -3.91. The number of ether oxygens (including phenoxy) is 1. The van der Waals surface area contributed by atoms with Gasteiger partial charge in [0.15, 0.2) is 11.6 Å². The van der Waals surface area contributed by atoms with Crippen molar-refractivity contribution in [3.8, 4) is 16.9 Å². The molecule has 1 unspecified atom stereocenters. The van der Waals surface area contributed by atoms with Crippen LogP contribution < -0.4 is 4.74 Å². The summed E-state index contributed by atoms with van der Waals surface area (Å²) in [5, 5.41) is 14.5. The molecule has 0 radical (unpaired) electrons. The third-order valence-electron chi connectivity index (χ3n) is 7.34. The minimum absolute atomic E-state index is 0.0698. The molecule has 9 nitrogen and oxygen atoms in total. The van der Waals surface area contributed by atoms with E-state index >= 15 is 0 Å². The van der Waals surface area contributed by atoms with Crippen molar-refractivity contribution in [3.63, 3.8) is 0 Å². The molecule has 0 saturated heterocycles. The van der Waals surface area contributed by atoms with Crippen molar-refractivity contribution in [2.45, 2.75) is 39.2 Å². The number of nitrogens with zero attached hydrogens (tertiary/aromatic N) is 5. The zero-order chi connectivity index (χ0) is 27.8. The van der Waals surface area contributed by atoms with Crippen molar-refractivity contribution in [1.82, 2.24) is 19.4 Å². The number of aliphatic imine (C=N–C) groups is 1. The number of carboxylic acids is 1. The van der Waals surface area contributed by atoms with E-state index < -0.39 is 5.97 Å². The minimum atomic E-state index is -1.06. The van der Waals surface area contributed by atoms with E-state index in [-0.39, 0.29) is 12.3 Å². The second-order valence-electron chi connectivity index (χ2n) is 10.1. The summed E-state index contributed by atoms with van der Waals surface area (Å²) < 4.78 is 7.68. The molecule has 5 rings (SSSR count). The Balaban J connectivity index is 1.41. The number of halogens is 1. The normalized spacial score (nSPS) is 17.4. The van der Waals surface area contributed by atoms with E-state index in [1.165, 1.54) is 10.6 Å². The molecule has 10 heteroatoms. The fourth-order valence-electron chi connectivity index (χ4n) is 5.35. The van der Waals surface area contributed by atoms with Gasteiger partial charge in [0.05, 0.1) is 17.8 Å². The van der Waals surface area contributed by atoms with Gasteiger partial charge in [-0.05, 0) is 83.6 Å². The van der Waals surface area contributed by atoms with Gasteiger partial charge < -0.3 is 19.6 Å². The monoisotopic (exact) mass is 547 g/mol. The molecule has 0 fully saturated rings. The summed E-state index contributed by atoms with van der Waals surface area (Å²) in [5.74, 6) is 2.44. The number of carbonyl (C=O) groups excluding carboxylic acids is 1. The highest BCUT2D eigenvalue weighted by Gasteiger charge is 2.32. The van der Waals surface area contributed by atoms with Crippen LogP contribution in [0.25, 0.3) is 16.6 Å². The number of aromatic nitrogens is 2. The van der Waals surface area contributed by atoms with Gasteiger partial charge in [-0.25, -0.2) is 19.1 Å². The molecule has 1 N–H and O–H groups in total. The smallest absolute Gasteiger partial charge is 0.354 e. The lowest BCUT2D eigenvalue weighted by Gasteiger charge is -2.37. The number of allylic oxidation sites excluding steroid dienone is 2. The predicted molar refractivity (Wildman–Crippen MR) is 150 cm³/mol. The number of hydrogen-bond acceptors (Lipinski definition) is 7. The van der Waals surface area contributed by atoms with Crippen LogP contribution in [0, 0.1) is 6.92 Å². The van der Waals surface area contributed by atoms with E-state index in [1.54, 1.807) is 31.2 Å². The highest BCUT2D eigenvalue weighted by molar-refractivity contribution is 6.31. The molecule has 3 heterocycles. The lowest BCUT2D eigenvalue weighted by molar-refractivity contribution is 0.0688. The van der Waals surface area contributed by atoms with E-state index in [4.69, 9.17) is 21.3 Å². The molecule has 1 atom stereocenters. The molecule has 2 aliphatic rings. The quantitative estimate of drug-likeness (QED) is 0.422. The fourth-order valence-corrected chi connectivity index (χ4v) is 5.52. The van der Waals surface area contributed by atoms with Crippen molar-refractivity contribution < 1.29 is 19.4 Å². The zero-order valence-corrected chi connectivity index (χ0v) is 23.1. The molecular formula is C29H30ClN5O4. The molecule has 1 aliphatic heterocycles. The zero-order valence-electron chi connectivity index (χ0n) is 22.4. The number of benzene rings is 1. The molecule has 3 aromatic rings. The van der Waals surface area contributed by atoms with E-state index in [1.807, 2.05) is 17.9 Å². The van der Waals surface area contributed by atoms with Crippen LogP contribution in [-0.4, -0.2) is 75.6 Å². The first-order valence-electron chi connectivity index (χ1n) is 12.8. The Bertz CT molecular complexity index is 1580. The first kappa shape index (κ1) is 26.7. The van der Waals surface area contributed by atoms with Gasteiger partial charge in [-0.3, -0.25) is 0 Å². The second kappa shape index (κ2) is 10.7. The minimum Gasteiger partial charge on any atom is -0.491 e. The van der Waals surface area contributed by atoms with Gasteiger partial charge in [-0.1, -0.05) is 11.6 Å². The summed E-state index contributed by atoms with van der Waals surface area (Å²) in [7, 11) is 4.11. The maximum Gasteiger partial charge on any atom is 0.354 e. The molecule has 0 amide bonds. The van der Waals surface area contributed by atoms with Crippen LogP contribution in [0.4, 0.5) is 0 Å². The van der Waals surface area contributed by atoms with Crippen LogP contribution in [0.3, 0.4) is 0 Å². The topological polar surface area (TPSA) is 99.7 Å². The van der Waals surface area contributed by atoms with Crippen LogP contribution >= 0.6 is 11.6 Å². The Labute approximate surface area is 231 Å². The standard InChI is InChI=1S/C29H30ClN5O4/c1-17-13-21(25-8-9-26(29(37)38)35(25)32-17)22-14-19(30)5-10-28(22)39-12-11-34-18(2)31-24-7-6-20(33(3)4)15-23(24)27(34)16-36/h5,8-10,13-14,20H,6-7,11-12,15H2,1-4H3,(H,37,38). The highest BCUT2D eigenvalue weighted by Crippen LogP contribution is 2.38. The summed E-state index contributed by atoms with van der Waals surface area (Å²) in [6.45, 7) is 4.38. The van der Waals surface area contributed by atoms with Crippen LogP contribution in [0.1, 0.15) is 42.4 Å². The fraction of sp³-hybridized carbons (Fsp3) is 0.345. The Kier molecular flexibility index (Phi) is 7.32. The Morgan fingerprint density at radius 3 is 2.72 bits per heavy atom. The molecule has 0 bridgehead atoms. The molecule has 0 spiro atoms. The first-order chi connectivity index (χ1) is 18.7. The highest BCUT2D eigenvalue weighted by atomic mass is 35.5. The summed E-state index contributed by atoms with van der Waals surface area (Å²) in [4.78, 5) is 32.7. The predicted octanol–water partition coefficient (Wildman–Crippen LogP) is 4.86. The number of carboxylic acid groups (broad SMARTS) is 1. The average Bonchev–Trinajstić information content (AvgIpc) is 3.33. The third-order valence-corrected chi connectivity index (χ3v) is 7.57. The van der Waals surface area contributed by atoms with Crippen molar-refractivity contribution in [3.05, 3.63) is 69.8 Å². The second-order valence-corrected chi connectivity index (χ2v) is 10.5. The van der Waals surface area contributed by atoms with Crippen molar-refractivity contribution in [2.24, 2.45) is 4.99 Å². The lowest BCUT2D eigenvalue weighted by Crippen LogP contribution is -2.39. The summed E-state index contributed by atoms with van der Waals surface area (Å²) in [5.41, 5.74) is 5.29. The number of aryl methyl sites for hydroxylation is 1. The Morgan fingerprint density at radius 2 is 2.00 bits per heavy atom. The van der Waals surface area contributed by atoms with Gasteiger partial charge in [0.25, 0.3) is 0 Å². The summed E-state index contributed by atoms with van der Waals surface area (Å²) in [6.07, 6.45) is 2.60. The van der Waals surface area contributed by atoms with Gasteiger partial charge in [-0.15, -0.1) is 0 Å². The molecule has 2 aromatic heterocycles. The molecule has 202 valence electrons. The number of aromatic carboxylic acids is 1. The molecular weight excluding hydrogens is 518 g/mol. The summed E-state index contributed by atoms with van der Waals surface area (Å²) in [6, 6.07) is 10.8. The third kappa shape index (κ3) is 5.08. The number of amidine groups is 1. The van der Waals surface area contributed by atoms with Crippen LogP contribution in [0.5, 0.6) is 5.75 Å². The van der Waals surface area contributed by atoms with Crippen LogP contribution in [0.2, 0.25) is 5.02 Å². The van der Waals surface area contributed by atoms with Crippen molar-refractivity contribution in [2.75, 3.05) is 27.2 Å². The van der Waals surface area contributed by atoms with E-state index in [0.717, 1.165) is 41.9 Å². The van der Waals surface area contributed by atoms with Gasteiger partial charge in [0, 0.05) is 33.5 Å². The van der Waals surface area contributed by atoms with Crippen LogP contribution in [0.15, 0.2) is 58.4 Å². The largest absolute Gasteiger partial charge is 0.491 e. The van der Waals surface area contributed by atoms with E-state index in [9.17, 15) is 14.7 Å². The van der Waals surface area contributed by atoms with Crippen molar-refractivity contribution in [1.29, 1.82) is 0 Å². The van der Waals surface area contributed by atoms with Crippen molar-refractivity contribution >= 4 is 34.9 Å². The Morgan fingerprint density at radius 1 is 1.21 bits per heavy atom. The maximum atomic E-state index is 12.2. The average molecular weight is 548 g/mol. The van der Waals surface area contributed by atoms with E-state index in [0.29, 0.717) is 45.8 Å². The number of rotatable bonds is 7. The van der Waals surface area contributed by atoms with Gasteiger partial charge in [0.1, 0.15) is 23.9 Å². The lowest BCUT2D eigenvalue weighted by atomic mass is 9.88. The molecule has 0 saturated carbocycles. The SMILES string of the molecule is CC1=NC2=C(CC(N(C)C)CC2)C(=C=O)N1CCOc1ccc(Cl)cc1-c1cc(C)nn2c(C(=O)O)ccc12. The first-order valence-corrected chi connectivity index (χ1v) is 13.2. The number of carbonyl (C=O) groups is 1. The molecule has 1 aliphatic carbocycles. The molecule has 1 aromatic carbocycles.